The molecule has 2 N–H and O–H groups in total. The monoisotopic (exact) mass is 1520 g/mol. The van der Waals surface area contributed by atoms with Crippen LogP contribution in [-0.4, -0.2) is 35.4 Å². The standard InChI is InChI=1S/2C21H27N2.C20H24ClN.C15H13F2N.4ClH.2Ru/c2*1-14-9-16(3)20(17(4)10-14)22-7-8-23(13-22)21-18(5)11-15(2)12-19(21)6;1-13(2)18-7-6-8-19(14(3)4)20(18)22-12-16-9-10-17(21)11-15(16)5;1-10-7-13(16)4-3-12(10)9-18-15-6-5-14(17)8-11(15)2;;;;;;/h2*9-13H,7-8H2,1-6H3;5-11,13-14,22H,12H2,1-4H3;1,3-8,18H,9H2,2H3;4*1H;;/q2*-1;;;;;;;2*+2/p-4. The Morgan fingerprint density at radius 2 is 0.750 bits per heavy atom. The summed E-state index contributed by atoms with van der Waals surface area (Å²) in [5.41, 5.74) is 31.0. The average Bonchev–Trinajstić information content (AvgIpc) is 1.62. The van der Waals surface area contributed by atoms with Crippen molar-refractivity contribution in [1.82, 2.24) is 0 Å². The first kappa shape index (κ1) is 74.3. The minimum atomic E-state index is -2.03. The molecule has 2 aliphatic heterocycles. The van der Waals surface area contributed by atoms with Crippen LogP contribution in [0.4, 0.5) is 42.9 Å². The van der Waals surface area contributed by atoms with Crippen molar-refractivity contribution in [3.05, 3.63) is 257 Å². The predicted octanol–water partition coefficient (Wildman–Crippen LogP) is 22.2. The number of anilines is 6. The van der Waals surface area contributed by atoms with E-state index in [-0.39, 0.29) is 11.6 Å². The molecule has 0 spiro atoms. The second kappa shape index (κ2) is 34.0. The molecule has 0 bridgehead atoms. The van der Waals surface area contributed by atoms with Crippen molar-refractivity contribution in [3.63, 3.8) is 0 Å². The summed E-state index contributed by atoms with van der Waals surface area (Å²) in [5, 5.41) is 7.57. The fourth-order valence-corrected chi connectivity index (χ4v) is 16.8. The zero-order valence-corrected chi connectivity index (χ0v) is 63.7. The van der Waals surface area contributed by atoms with E-state index in [1.807, 2.05) is 29.7 Å². The van der Waals surface area contributed by atoms with Crippen LogP contribution in [0, 0.1) is 115 Å². The molecule has 2 aliphatic rings. The van der Waals surface area contributed by atoms with Gasteiger partial charge in [-0.15, -0.1) is 0 Å². The molecule has 0 saturated carbocycles. The first-order valence-corrected chi connectivity index (χ1v) is 42.5. The Hall–Kier alpha value is -5.14. The van der Waals surface area contributed by atoms with Crippen LogP contribution in [0.25, 0.3) is 0 Å². The molecule has 0 unspecified atom stereocenters. The van der Waals surface area contributed by atoms with Crippen LogP contribution in [0.3, 0.4) is 0 Å². The summed E-state index contributed by atoms with van der Waals surface area (Å²) < 4.78 is 30.0. The van der Waals surface area contributed by atoms with Crippen molar-refractivity contribution in [2.45, 2.75) is 143 Å². The first-order chi connectivity index (χ1) is 43.5. The molecule has 0 atom stereocenters. The second-order valence-corrected chi connectivity index (χ2v) is 37.0. The van der Waals surface area contributed by atoms with E-state index in [1.54, 1.807) is 16.7 Å². The number of nitrogens with one attached hydrogen (secondary N) is 2. The number of benzene rings is 8. The van der Waals surface area contributed by atoms with Gasteiger partial charge in [-0.1, -0.05) is 70.8 Å². The maximum absolute atomic E-state index is 13.3. The van der Waals surface area contributed by atoms with E-state index < -0.39 is 27.0 Å². The van der Waals surface area contributed by atoms with Crippen LogP contribution in [0.15, 0.2) is 121 Å². The summed E-state index contributed by atoms with van der Waals surface area (Å²) in [4.78, 5) is 9.62. The van der Waals surface area contributed by atoms with E-state index in [1.165, 1.54) is 131 Å². The average molecular weight is 1520 g/mol. The molecule has 10 rings (SSSR count). The number of aryl methyl sites for hydroxylation is 13. The fraction of sp³-hybridized carbons (Fsp3) is 0.325. The third-order valence-electron chi connectivity index (χ3n) is 16.5. The third kappa shape index (κ3) is 20.2. The van der Waals surface area contributed by atoms with Crippen molar-refractivity contribution >= 4 is 93.7 Å². The van der Waals surface area contributed by atoms with Gasteiger partial charge in [-0.3, -0.25) is 0 Å². The molecule has 8 aromatic carbocycles. The number of rotatable bonds is 14. The zero-order valence-electron chi connectivity index (χ0n) is 56.4. The van der Waals surface area contributed by atoms with E-state index >= 15 is 0 Å². The molecule has 0 amide bonds. The van der Waals surface area contributed by atoms with Gasteiger partial charge in [0.05, 0.1) is 0 Å². The van der Waals surface area contributed by atoms with Gasteiger partial charge in [-0.2, -0.15) is 13.3 Å². The predicted molar refractivity (Wildman–Crippen MR) is 393 cm³/mol. The molecule has 2 fully saturated rings. The molecule has 0 radical (unpaired) electrons. The van der Waals surface area contributed by atoms with Crippen molar-refractivity contribution in [3.8, 4) is 0 Å². The summed E-state index contributed by atoms with van der Waals surface area (Å²) in [6, 6.07) is 39.7. The van der Waals surface area contributed by atoms with Gasteiger partial charge in [0.25, 0.3) is 0 Å². The summed E-state index contributed by atoms with van der Waals surface area (Å²) in [5.74, 6) is 0.319. The van der Waals surface area contributed by atoms with Gasteiger partial charge >= 0.3 is 305 Å². The number of para-hydroxylation sites is 1. The van der Waals surface area contributed by atoms with Crippen LogP contribution >= 0.6 is 50.4 Å². The molecule has 496 valence electrons. The number of nitrogens with zero attached hydrogens (tertiary/aromatic N) is 4. The Bertz CT molecular complexity index is 3600. The quantitative estimate of drug-likeness (QED) is 0.0835. The minimum absolute atomic E-state index is 0.271. The van der Waals surface area contributed by atoms with Gasteiger partial charge in [-0.25, -0.2) is 0 Å². The van der Waals surface area contributed by atoms with E-state index in [2.05, 4.69) is 221 Å². The van der Waals surface area contributed by atoms with Gasteiger partial charge in [0.1, 0.15) is 0 Å². The molecule has 0 aliphatic carbocycles. The second-order valence-electron chi connectivity index (χ2n) is 25.1. The van der Waals surface area contributed by atoms with Crippen LogP contribution < -0.4 is 30.2 Å². The van der Waals surface area contributed by atoms with E-state index in [0.29, 0.717) is 35.5 Å². The van der Waals surface area contributed by atoms with Crippen molar-refractivity contribution < 1.29 is 35.8 Å². The molecule has 92 heavy (non-hydrogen) atoms. The molecule has 2 heterocycles. The summed E-state index contributed by atoms with van der Waals surface area (Å²) >= 11 is 2.21. The Labute approximate surface area is 580 Å². The van der Waals surface area contributed by atoms with E-state index in [9.17, 15) is 8.78 Å². The molecule has 15 heteroatoms. The molecular formula is C77H91Cl5F2N6Ru2-2. The molecule has 2 saturated heterocycles. The van der Waals surface area contributed by atoms with Gasteiger partial charge in [0.2, 0.25) is 0 Å². The van der Waals surface area contributed by atoms with Crippen molar-refractivity contribution in [2.24, 2.45) is 0 Å². The molecule has 0 aromatic heterocycles. The summed E-state index contributed by atoms with van der Waals surface area (Å²) in [6.07, 6.45) is 0. The Morgan fingerprint density at radius 3 is 1.10 bits per heavy atom. The van der Waals surface area contributed by atoms with Gasteiger partial charge in [0, 0.05) is 48.9 Å². The molecular weight excluding hydrogens is 1430 g/mol. The fourth-order valence-electron chi connectivity index (χ4n) is 12.9. The van der Waals surface area contributed by atoms with Crippen molar-refractivity contribution in [1.29, 1.82) is 0 Å². The van der Waals surface area contributed by atoms with Gasteiger partial charge in [0.15, 0.2) is 0 Å². The zero-order chi connectivity index (χ0) is 67.4. The number of halogens is 7. The molecule has 6 nitrogen and oxygen atoms in total. The molecule has 8 aromatic rings. The maximum atomic E-state index is 13.3. The van der Waals surface area contributed by atoms with Crippen LogP contribution in [0.5, 0.6) is 0 Å². The van der Waals surface area contributed by atoms with E-state index in [0.717, 1.165) is 54.1 Å². The van der Waals surface area contributed by atoms with Crippen LogP contribution in [0.1, 0.15) is 145 Å². The first-order valence-electron chi connectivity index (χ1n) is 31.2. The van der Waals surface area contributed by atoms with Crippen molar-refractivity contribution in [2.75, 3.05) is 56.4 Å². The topological polar surface area (TPSA) is 37.0 Å². The SMILES string of the molecule is CC(C)c1cccc(C(C)C)c1NCc1ccc(Cl)cc1[CH]=[Ru]([Cl])[Cl].Cc1cc(C)c(N2[CH-]N(c3c(C)cc(C)cc3C)CC2)c(C)c1.Cc1cc(C)c(N2[CH-]N(c3c(C)cc(C)cc3C)CC2)c(C)c1.Cc1cc(F)ccc1NCc1ccc(F)cc1[CH]=[Ru]([Cl])[Cl]. The number of hydrogen-bond acceptors (Lipinski definition) is 6. The number of hydrogen-bond donors (Lipinski definition) is 2. The van der Waals surface area contributed by atoms with Crippen LogP contribution in [0.2, 0.25) is 5.02 Å². The Balaban J connectivity index is 0.000000174. The Morgan fingerprint density at radius 1 is 0.424 bits per heavy atom. The normalized spacial score (nSPS) is 13.1. The van der Waals surface area contributed by atoms with Gasteiger partial charge < -0.3 is 19.6 Å². The summed E-state index contributed by atoms with van der Waals surface area (Å²) in [7, 11) is 23.9. The van der Waals surface area contributed by atoms with E-state index in [4.69, 9.17) is 50.4 Å². The van der Waals surface area contributed by atoms with Crippen LogP contribution in [-0.2, 0) is 40.1 Å². The van der Waals surface area contributed by atoms with Gasteiger partial charge in [-0.05, 0) is 128 Å². The third-order valence-corrected chi connectivity index (χ3v) is 20.4. The Kier molecular flexibility index (Phi) is 27.4. The summed E-state index contributed by atoms with van der Waals surface area (Å²) in [6.45, 7) is 47.1.